The predicted octanol–water partition coefficient (Wildman–Crippen LogP) is 5.66. The quantitative estimate of drug-likeness (QED) is 0.528. The number of rotatable bonds is 4. The molecule has 0 aliphatic heterocycles. The van der Waals surface area contributed by atoms with Gasteiger partial charge >= 0.3 is 0 Å². The van der Waals surface area contributed by atoms with Crippen molar-refractivity contribution in [1.82, 2.24) is 14.8 Å². The normalized spacial score (nSPS) is 11.4. The summed E-state index contributed by atoms with van der Waals surface area (Å²) >= 11 is 19.0. The first kappa shape index (κ1) is 18.5. The second-order valence-corrected chi connectivity index (χ2v) is 6.70. The van der Waals surface area contributed by atoms with Crippen LogP contribution in [0.2, 0.25) is 15.2 Å². The van der Waals surface area contributed by atoms with E-state index in [2.05, 4.69) is 16.2 Å². The highest BCUT2D eigenvalue weighted by Crippen LogP contribution is 2.29. The number of nitriles is 1. The van der Waals surface area contributed by atoms with Crippen LogP contribution in [0.3, 0.4) is 0 Å². The third-order valence-electron chi connectivity index (χ3n) is 3.83. The van der Waals surface area contributed by atoms with Gasteiger partial charge in [0.1, 0.15) is 11.2 Å². The van der Waals surface area contributed by atoms with Crippen molar-refractivity contribution in [2.75, 3.05) is 0 Å². The fourth-order valence-corrected chi connectivity index (χ4v) is 3.30. The summed E-state index contributed by atoms with van der Waals surface area (Å²) in [7, 11) is 0. The Balaban J connectivity index is 2.01. The summed E-state index contributed by atoms with van der Waals surface area (Å²) in [5.41, 5.74) is 3.08. The number of aromatic nitrogens is 3. The molecule has 0 aliphatic rings. The van der Waals surface area contributed by atoms with Gasteiger partial charge in [0, 0.05) is 27.4 Å². The minimum Gasteiger partial charge on any atom is -0.256 e. The molecule has 0 saturated carbocycles. The van der Waals surface area contributed by atoms with E-state index in [-0.39, 0.29) is 0 Å². The zero-order valence-electron chi connectivity index (χ0n) is 13.7. The molecule has 26 heavy (non-hydrogen) atoms. The highest BCUT2D eigenvalue weighted by molar-refractivity contribution is 6.36. The van der Waals surface area contributed by atoms with Crippen molar-refractivity contribution in [2.45, 2.75) is 13.5 Å². The van der Waals surface area contributed by atoms with E-state index < -0.39 is 0 Å². The molecule has 0 fully saturated rings. The number of allylic oxidation sites excluding steroid dienone is 1. The zero-order chi connectivity index (χ0) is 18.7. The van der Waals surface area contributed by atoms with Crippen LogP contribution in [-0.4, -0.2) is 14.8 Å². The third-order valence-corrected chi connectivity index (χ3v) is 4.94. The summed E-state index contributed by atoms with van der Waals surface area (Å²) in [5.74, 6) is 0. The van der Waals surface area contributed by atoms with Crippen LogP contribution in [-0.2, 0) is 6.54 Å². The van der Waals surface area contributed by atoms with Gasteiger partial charge in [-0.2, -0.15) is 10.4 Å². The molecule has 2 aromatic heterocycles. The predicted molar refractivity (Wildman–Crippen MR) is 105 cm³/mol. The summed E-state index contributed by atoms with van der Waals surface area (Å²) in [5, 5.41) is 15.4. The number of hydrogen-bond donors (Lipinski definition) is 0. The lowest BCUT2D eigenvalue weighted by Gasteiger charge is -2.08. The van der Waals surface area contributed by atoms with Crippen LogP contribution in [0.5, 0.6) is 0 Å². The molecule has 0 amide bonds. The molecular formula is C19H13Cl3N4. The topological polar surface area (TPSA) is 54.5 Å². The number of aryl methyl sites for hydroxylation is 1. The summed E-state index contributed by atoms with van der Waals surface area (Å²) in [6.07, 6.45) is 3.33. The van der Waals surface area contributed by atoms with Gasteiger partial charge in [-0.25, -0.2) is 4.68 Å². The molecule has 0 N–H and O–H groups in total. The number of hydrogen-bond acceptors (Lipinski definition) is 3. The maximum atomic E-state index is 9.47. The van der Waals surface area contributed by atoms with Crippen LogP contribution in [0, 0.1) is 18.3 Å². The summed E-state index contributed by atoms with van der Waals surface area (Å²) in [6.45, 7) is 2.16. The van der Waals surface area contributed by atoms with Crippen molar-refractivity contribution in [3.05, 3.63) is 80.3 Å². The fourth-order valence-electron chi connectivity index (χ4n) is 2.50. The van der Waals surface area contributed by atoms with Crippen molar-refractivity contribution in [3.63, 3.8) is 0 Å². The Morgan fingerprint density at radius 2 is 1.88 bits per heavy atom. The monoisotopic (exact) mass is 402 g/mol. The molecule has 0 saturated heterocycles. The van der Waals surface area contributed by atoms with E-state index >= 15 is 0 Å². The minimum atomic E-state index is 0.331. The van der Waals surface area contributed by atoms with Gasteiger partial charge in [0.25, 0.3) is 0 Å². The van der Waals surface area contributed by atoms with Gasteiger partial charge in [-0.15, -0.1) is 0 Å². The second-order valence-electron chi connectivity index (χ2n) is 5.53. The van der Waals surface area contributed by atoms with Crippen LogP contribution in [0.4, 0.5) is 0 Å². The van der Waals surface area contributed by atoms with E-state index in [1.165, 1.54) is 0 Å². The van der Waals surface area contributed by atoms with Gasteiger partial charge in [0.2, 0.25) is 0 Å². The van der Waals surface area contributed by atoms with E-state index in [1.54, 1.807) is 47.3 Å². The number of nitrogens with zero attached hydrogens (tertiary/aromatic N) is 4. The van der Waals surface area contributed by atoms with Crippen LogP contribution >= 0.6 is 34.8 Å². The number of halogens is 3. The first-order chi connectivity index (χ1) is 12.5. The molecule has 0 bridgehead atoms. The van der Waals surface area contributed by atoms with E-state index in [1.807, 2.05) is 13.0 Å². The SMILES string of the molecule is Cc1nn(Cc2c(Cl)cccc2Cl)c(Cl)c1/C=C(\C#N)c1ccccn1. The van der Waals surface area contributed by atoms with Gasteiger partial charge in [0.05, 0.1) is 23.5 Å². The van der Waals surface area contributed by atoms with Crippen LogP contribution in [0.15, 0.2) is 42.6 Å². The standard InChI is InChI=1S/C19H13Cl3N4/c1-12-14(9-13(10-23)18-7-2-3-8-24-18)19(22)26(25-12)11-15-16(20)5-4-6-17(15)21/h2-9H,11H2,1H3/b13-9+. The maximum Gasteiger partial charge on any atom is 0.134 e. The lowest BCUT2D eigenvalue weighted by Crippen LogP contribution is -2.03. The largest absolute Gasteiger partial charge is 0.256 e. The molecule has 0 unspecified atom stereocenters. The smallest absolute Gasteiger partial charge is 0.134 e. The van der Waals surface area contributed by atoms with Crippen molar-refractivity contribution in [2.24, 2.45) is 0 Å². The highest BCUT2D eigenvalue weighted by atomic mass is 35.5. The molecule has 0 aliphatic carbocycles. The van der Waals surface area contributed by atoms with Crippen molar-refractivity contribution >= 4 is 46.5 Å². The Labute approximate surface area is 166 Å². The number of benzene rings is 1. The third kappa shape index (κ3) is 3.76. The van der Waals surface area contributed by atoms with Crippen LogP contribution < -0.4 is 0 Å². The lowest BCUT2D eigenvalue weighted by atomic mass is 10.1. The summed E-state index contributed by atoms with van der Waals surface area (Å²) in [4.78, 5) is 4.21. The first-order valence-corrected chi connectivity index (χ1v) is 8.83. The Kier molecular flexibility index (Phi) is 5.63. The van der Waals surface area contributed by atoms with Crippen molar-refractivity contribution in [1.29, 1.82) is 5.26 Å². The van der Waals surface area contributed by atoms with E-state index in [4.69, 9.17) is 34.8 Å². The lowest BCUT2D eigenvalue weighted by molar-refractivity contribution is 0.680. The van der Waals surface area contributed by atoms with Gasteiger partial charge in [-0.05, 0) is 37.3 Å². The van der Waals surface area contributed by atoms with Gasteiger partial charge in [0.15, 0.2) is 0 Å². The molecule has 3 rings (SSSR count). The Hall–Kier alpha value is -2.32. The van der Waals surface area contributed by atoms with Crippen molar-refractivity contribution in [3.8, 4) is 6.07 Å². The summed E-state index contributed by atoms with van der Waals surface area (Å²) in [6, 6.07) is 12.9. The maximum absolute atomic E-state index is 9.47. The molecule has 0 atom stereocenters. The molecule has 4 nitrogen and oxygen atoms in total. The van der Waals surface area contributed by atoms with Crippen LogP contribution in [0.25, 0.3) is 11.6 Å². The van der Waals surface area contributed by atoms with E-state index in [9.17, 15) is 5.26 Å². The summed E-state index contributed by atoms with van der Waals surface area (Å²) < 4.78 is 1.61. The highest BCUT2D eigenvalue weighted by Gasteiger charge is 2.16. The average molecular weight is 404 g/mol. The molecule has 0 spiro atoms. The van der Waals surface area contributed by atoms with Gasteiger partial charge in [-0.3, -0.25) is 4.98 Å². The van der Waals surface area contributed by atoms with Gasteiger partial charge < -0.3 is 0 Å². The van der Waals surface area contributed by atoms with E-state index in [0.717, 1.165) is 5.56 Å². The molecule has 3 aromatic rings. The van der Waals surface area contributed by atoms with Gasteiger partial charge in [-0.1, -0.05) is 46.9 Å². The Morgan fingerprint density at radius 3 is 2.50 bits per heavy atom. The minimum absolute atomic E-state index is 0.331. The average Bonchev–Trinajstić information content (AvgIpc) is 2.90. The van der Waals surface area contributed by atoms with Crippen LogP contribution in [0.1, 0.15) is 22.5 Å². The number of pyridine rings is 1. The molecule has 7 heteroatoms. The zero-order valence-corrected chi connectivity index (χ0v) is 16.0. The first-order valence-electron chi connectivity index (χ1n) is 7.70. The molecule has 130 valence electrons. The molecule has 1 aromatic carbocycles. The molecule has 0 radical (unpaired) electrons. The molecule has 2 heterocycles. The van der Waals surface area contributed by atoms with E-state index in [0.29, 0.717) is 44.3 Å². The van der Waals surface area contributed by atoms with Crippen molar-refractivity contribution < 1.29 is 0 Å². The fraction of sp³-hybridized carbons (Fsp3) is 0.105. The Morgan fingerprint density at radius 1 is 1.15 bits per heavy atom. The molecular weight excluding hydrogens is 391 g/mol. The second kappa shape index (κ2) is 7.92. The Bertz CT molecular complexity index is 997.